The molecule has 4 aromatic heterocycles. The Morgan fingerprint density at radius 1 is 1.20 bits per heavy atom. The lowest BCUT2D eigenvalue weighted by molar-refractivity contribution is 0.280. The Labute approximate surface area is 152 Å². The number of thiophene rings is 1. The number of aromatic nitrogens is 3. The Morgan fingerprint density at radius 3 is 2.76 bits per heavy atom. The second-order valence-corrected chi connectivity index (χ2v) is 8.05. The first-order chi connectivity index (χ1) is 12.3. The topological polar surface area (TPSA) is 66.8 Å². The summed E-state index contributed by atoms with van der Waals surface area (Å²) >= 11 is 3.22. The van der Waals surface area contributed by atoms with Crippen molar-refractivity contribution in [2.24, 2.45) is 0 Å². The second-order valence-electron chi connectivity index (χ2n) is 6.06. The van der Waals surface area contributed by atoms with Crippen LogP contribution in [0.3, 0.4) is 0 Å². The van der Waals surface area contributed by atoms with Crippen LogP contribution < -0.4 is 0 Å². The molecule has 1 saturated heterocycles. The minimum atomic E-state index is 0.0723. The van der Waals surface area contributed by atoms with Gasteiger partial charge in [-0.2, -0.15) is 9.50 Å². The van der Waals surface area contributed by atoms with E-state index in [1.807, 2.05) is 6.07 Å². The maximum atomic E-state index is 10.8. The lowest BCUT2D eigenvalue weighted by atomic mass is 10.2. The van der Waals surface area contributed by atoms with Gasteiger partial charge < -0.3 is 9.52 Å². The molecule has 0 aliphatic carbocycles. The van der Waals surface area contributed by atoms with Crippen molar-refractivity contribution in [2.45, 2.75) is 18.9 Å². The SMILES string of the molecule is Oc1c([C@H](c2cccs2)N2CCCC2)sc2nc(-c3ccco3)nn12. The van der Waals surface area contributed by atoms with Gasteiger partial charge in [0.1, 0.15) is 0 Å². The summed E-state index contributed by atoms with van der Waals surface area (Å²) in [6, 6.07) is 7.89. The molecular formula is C17H16N4O2S2. The highest BCUT2D eigenvalue weighted by atomic mass is 32.1. The van der Waals surface area contributed by atoms with E-state index in [9.17, 15) is 5.11 Å². The third kappa shape index (κ3) is 2.48. The monoisotopic (exact) mass is 372 g/mol. The summed E-state index contributed by atoms with van der Waals surface area (Å²) < 4.78 is 6.88. The molecule has 128 valence electrons. The van der Waals surface area contributed by atoms with Crippen LogP contribution in [0.5, 0.6) is 5.88 Å². The Balaban J connectivity index is 1.60. The molecule has 0 bridgehead atoms. The van der Waals surface area contributed by atoms with E-state index >= 15 is 0 Å². The number of furan rings is 1. The molecule has 25 heavy (non-hydrogen) atoms. The summed E-state index contributed by atoms with van der Waals surface area (Å²) in [7, 11) is 0. The number of hydrogen-bond acceptors (Lipinski definition) is 7. The van der Waals surface area contributed by atoms with Gasteiger partial charge in [0, 0.05) is 4.88 Å². The van der Waals surface area contributed by atoms with Crippen LogP contribution in [-0.2, 0) is 0 Å². The normalized spacial score (nSPS) is 16.8. The van der Waals surface area contributed by atoms with Gasteiger partial charge in [-0.25, -0.2) is 0 Å². The van der Waals surface area contributed by atoms with Crippen molar-refractivity contribution in [2.75, 3.05) is 13.1 Å². The third-order valence-electron chi connectivity index (χ3n) is 4.51. The fraction of sp³-hybridized carbons (Fsp3) is 0.294. The van der Waals surface area contributed by atoms with Gasteiger partial charge >= 0.3 is 0 Å². The number of rotatable bonds is 4. The highest BCUT2D eigenvalue weighted by Gasteiger charge is 2.31. The second kappa shape index (κ2) is 5.98. The first-order valence-electron chi connectivity index (χ1n) is 8.21. The van der Waals surface area contributed by atoms with Crippen molar-refractivity contribution in [3.63, 3.8) is 0 Å². The summed E-state index contributed by atoms with van der Waals surface area (Å²) in [4.78, 5) is 9.79. The predicted molar refractivity (Wildman–Crippen MR) is 97.2 cm³/mol. The first kappa shape index (κ1) is 15.1. The molecule has 0 radical (unpaired) electrons. The summed E-state index contributed by atoms with van der Waals surface area (Å²) in [5.74, 6) is 1.27. The van der Waals surface area contributed by atoms with Gasteiger partial charge in [0.2, 0.25) is 16.7 Å². The number of likely N-dealkylation sites (tertiary alicyclic amines) is 1. The number of hydrogen-bond donors (Lipinski definition) is 1. The molecule has 4 aromatic rings. The van der Waals surface area contributed by atoms with Crippen molar-refractivity contribution in [1.82, 2.24) is 19.5 Å². The van der Waals surface area contributed by atoms with Crippen LogP contribution in [0.1, 0.15) is 28.6 Å². The molecule has 1 aliphatic rings. The van der Waals surface area contributed by atoms with Crippen LogP contribution >= 0.6 is 22.7 Å². The zero-order valence-electron chi connectivity index (χ0n) is 13.3. The molecule has 6 nitrogen and oxygen atoms in total. The Hall–Kier alpha value is -2.16. The van der Waals surface area contributed by atoms with Crippen molar-refractivity contribution in [1.29, 1.82) is 0 Å². The predicted octanol–water partition coefficient (Wildman–Crippen LogP) is 4.00. The zero-order valence-corrected chi connectivity index (χ0v) is 15.0. The fourth-order valence-electron chi connectivity index (χ4n) is 3.36. The molecule has 8 heteroatoms. The number of nitrogens with zero attached hydrogens (tertiary/aromatic N) is 4. The van der Waals surface area contributed by atoms with Crippen LogP contribution in [0.15, 0.2) is 40.3 Å². The maximum Gasteiger partial charge on any atom is 0.230 e. The van der Waals surface area contributed by atoms with Crippen LogP contribution in [-0.4, -0.2) is 37.7 Å². The summed E-state index contributed by atoms with van der Waals surface area (Å²) in [6.07, 6.45) is 3.99. The van der Waals surface area contributed by atoms with Crippen molar-refractivity contribution < 1.29 is 9.52 Å². The molecule has 0 aromatic carbocycles. The van der Waals surface area contributed by atoms with Gasteiger partial charge in [-0.15, -0.1) is 16.4 Å². The van der Waals surface area contributed by atoms with Crippen LogP contribution in [0.25, 0.3) is 16.5 Å². The Morgan fingerprint density at radius 2 is 2.08 bits per heavy atom. The van der Waals surface area contributed by atoms with Gasteiger partial charge in [-0.3, -0.25) is 4.90 Å². The van der Waals surface area contributed by atoms with Crippen LogP contribution in [0.4, 0.5) is 0 Å². The minimum Gasteiger partial charge on any atom is -0.492 e. The average molecular weight is 372 g/mol. The average Bonchev–Trinajstić information content (AvgIpc) is 3.42. The molecule has 0 spiro atoms. The Kier molecular flexibility index (Phi) is 3.61. The summed E-state index contributed by atoms with van der Waals surface area (Å²) in [6.45, 7) is 2.10. The van der Waals surface area contributed by atoms with Gasteiger partial charge in [-0.05, 0) is 49.5 Å². The maximum absolute atomic E-state index is 10.8. The van der Waals surface area contributed by atoms with E-state index < -0.39 is 0 Å². The lowest BCUT2D eigenvalue weighted by Crippen LogP contribution is -2.25. The van der Waals surface area contributed by atoms with E-state index in [1.54, 1.807) is 23.7 Å². The fourth-order valence-corrected chi connectivity index (χ4v) is 5.41. The molecule has 1 aliphatic heterocycles. The number of fused-ring (bicyclic) bond motifs is 1. The molecule has 1 N–H and O–H groups in total. The first-order valence-corrected chi connectivity index (χ1v) is 9.90. The van der Waals surface area contributed by atoms with Gasteiger partial charge in [0.15, 0.2) is 5.76 Å². The standard InChI is InChI=1S/C17H16N4O2S2/c22-16-14(13(12-6-4-10-24-12)20-7-1-2-8-20)25-17-18-15(19-21(16)17)11-5-3-9-23-11/h3-6,9-10,13,22H,1-2,7-8H2/t13-/m0/s1. The highest BCUT2D eigenvalue weighted by Crippen LogP contribution is 2.42. The van der Waals surface area contributed by atoms with E-state index in [0.29, 0.717) is 16.5 Å². The Bertz CT molecular complexity index is 982. The summed E-state index contributed by atoms with van der Waals surface area (Å²) in [5, 5.41) is 17.4. The lowest BCUT2D eigenvalue weighted by Gasteiger charge is -2.25. The largest absolute Gasteiger partial charge is 0.492 e. The van der Waals surface area contributed by atoms with Crippen LogP contribution in [0, 0.1) is 0 Å². The van der Waals surface area contributed by atoms with Crippen LogP contribution in [0.2, 0.25) is 0 Å². The van der Waals surface area contributed by atoms with E-state index in [0.717, 1.165) is 18.0 Å². The molecule has 1 fully saturated rings. The summed E-state index contributed by atoms with van der Waals surface area (Å²) in [5.41, 5.74) is 0. The molecular weight excluding hydrogens is 356 g/mol. The van der Waals surface area contributed by atoms with E-state index in [1.165, 1.54) is 33.6 Å². The minimum absolute atomic E-state index is 0.0723. The van der Waals surface area contributed by atoms with Crippen molar-refractivity contribution in [3.8, 4) is 17.5 Å². The molecule has 0 unspecified atom stereocenters. The molecule has 0 saturated carbocycles. The number of aromatic hydroxyl groups is 1. The third-order valence-corrected chi connectivity index (χ3v) is 6.51. The zero-order chi connectivity index (χ0) is 16.8. The smallest absolute Gasteiger partial charge is 0.230 e. The van der Waals surface area contributed by atoms with Crippen molar-refractivity contribution >= 4 is 27.6 Å². The highest BCUT2D eigenvalue weighted by molar-refractivity contribution is 7.17. The van der Waals surface area contributed by atoms with Gasteiger partial charge in [0.05, 0.1) is 17.2 Å². The molecule has 0 amide bonds. The van der Waals surface area contributed by atoms with Gasteiger partial charge in [-0.1, -0.05) is 17.4 Å². The number of thiazole rings is 1. The van der Waals surface area contributed by atoms with E-state index in [2.05, 4.69) is 32.5 Å². The van der Waals surface area contributed by atoms with Crippen molar-refractivity contribution in [3.05, 3.63) is 45.7 Å². The molecule has 5 rings (SSSR count). The molecule has 1 atom stereocenters. The van der Waals surface area contributed by atoms with E-state index in [4.69, 9.17) is 4.42 Å². The van der Waals surface area contributed by atoms with Gasteiger partial charge in [0.25, 0.3) is 0 Å². The van der Waals surface area contributed by atoms with E-state index in [-0.39, 0.29) is 11.9 Å². The molecule has 5 heterocycles. The quantitative estimate of drug-likeness (QED) is 0.586.